The molecular weight excluding hydrogens is 406 g/mol. The molecule has 0 spiro atoms. The third-order valence-corrected chi connectivity index (χ3v) is 9.00. The highest BCUT2D eigenvalue weighted by Crippen LogP contribution is 2.26. The summed E-state index contributed by atoms with van der Waals surface area (Å²) in [4.78, 5) is 13.5. The number of piperidine rings is 1. The molecule has 2 saturated heterocycles. The van der Waals surface area contributed by atoms with Crippen molar-refractivity contribution in [1.82, 2.24) is 24.5 Å². The Morgan fingerprint density at radius 2 is 1.27 bits per heavy atom. The van der Waals surface area contributed by atoms with Gasteiger partial charge in [-0.3, -0.25) is 9.80 Å². The van der Waals surface area contributed by atoms with Crippen LogP contribution in [0.15, 0.2) is 0 Å². The van der Waals surface area contributed by atoms with E-state index in [0.717, 1.165) is 12.5 Å². The van der Waals surface area contributed by atoms with Crippen LogP contribution in [0.3, 0.4) is 0 Å². The fourth-order valence-electron chi connectivity index (χ4n) is 6.26. The summed E-state index contributed by atoms with van der Waals surface area (Å²) in [5.74, 6) is 1.53. The minimum Gasteiger partial charge on any atom is -0.303 e. The van der Waals surface area contributed by atoms with E-state index < -0.39 is 0 Å². The van der Waals surface area contributed by atoms with Crippen molar-refractivity contribution in [3.8, 4) is 0 Å². The van der Waals surface area contributed by atoms with Gasteiger partial charge in [0.2, 0.25) is 0 Å². The molecule has 0 aromatic carbocycles. The minimum atomic E-state index is 0.523. The first kappa shape index (κ1) is 29.0. The van der Waals surface area contributed by atoms with Crippen molar-refractivity contribution < 1.29 is 0 Å². The second kappa shape index (κ2) is 14.4. The molecular formula is C28H59N5. The number of hydrogen-bond acceptors (Lipinski definition) is 5. The van der Waals surface area contributed by atoms with Gasteiger partial charge in [-0.25, -0.2) is 0 Å². The molecule has 2 heterocycles. The molecule has 0 amide bonds. The second-order valence-corrected chi connectivity index (χ2v) is 11.8. The maximum Gasteiger partial charge on any atom is 0.0661 e. The van der Waals surface area contributed by atoms with Crippen molar-refractivity contribution in [2.75, 3.05) is 66.5 Å². The first-order valence-corrected chi connectivity index (χ1v) is 14.3. The molecule has 0 N–H and O–H groups in total. The molecule has 33 heavy (non-hydrogen) atoms. The van der Waals surface area contributed by atoms with Gasteiger partial charge < -0.3 is 14.7 Å². The van der Waals surface area contributed by atoms with Gasteiger partial charge in [-0.1, -0.05) is 13.8 Å². The van der Waals surface area contributed by atoms with Crippen LogP contribution in [0, 0.1) is 11.8 Å². The summed E-state index contributed by atoms with van der Waals surface area (Å²) in [6.45, 7) is 26.6. The Balaban J connectivity index is 2.06. The predicted molar refractivity (Wildman–Crippen MR) is 145 cm³/mol. The lowest BCUT2D eigenvalue weighted by Crippen LogP contribution is -2.56. The topological polar surface area (TPSA) is 16.2 Å². The molecule has 2 aliphatic rings. The van der Waals surface area contributed by atoms with Crippen molar-refractivity contribution >= 4 is 0 Å². The molecule has 2 rings (SSSR count). The average Bonchev–Trinajstić information content (AvgIpc) is 2.78. The van der Waals surface area contributed by atoms with Gasteiger partial charge in [0.15, 0.2) is 0 Å². The van der Waals surface area contributed by atoms with Gasteiger partial charge in [-0.2, -0.15) is 0 Å². The largest absolute Gasteiger partial charge is 0.303 e. The molecule has 196 valence electrons. The Morgan fingerprint density at radius 1 is 0.758 bits per heavy atom. The lowest BCUT2D eigenvalue weighted by Gasteiger charge is -2.46. The molecule has 3 atom stereocenters. The molecule has 3 unspecified atom stereocenters. The van der Waals surface area contributed by atoms with Gasteiger partial charge in [-0.15, -0.1) is 0 Å². The van der Waals surface area contributed by atoms with Crippen molar-refractivity contribution in [3.05, 3.63) is 0 Å². The van der Waals surface area contributed by atoms with E-state index in [4.69, 9.17) is 0 Å². The molecule has 0 radical (unpaired) electrons. The molecule has 2 aliphatic heterocycles. The highest BCUT2D eigenvalue weighted by molar-refractivity contribution is 4.85. The summed E-state index contributed by atoms with van der Waals surface area (Å²) in [6, 6.07) is 1.94. The van der Waals surface area contributed by atoms with E-state index in [0.29, 0.717) is 30.2 Å². The number of rotatable bonds is 7. The molecule has 0 aromatic rings. The number of likely N-dealkylation sites (tertiary alicyclic amines) is 1. The highest BCUT2D eigenvalue weighted by atomic mass is 15.4. The fraction of sp³-hybridized carbons (Fsp3) is 1.00. The monoisotopic (exact) mass is 465 g/mol. The van der Waals surface area contributed by atoms with Gasteiger partial charge in [0.1, 0.15) is 0 Å². The van der Waals surface area contributed by atoms with Gasteiger partial charge in [0.25, 0.3) is 0 Å². The Hall–Kier alpha value is -0.200. The van der Waals surface area contributed by atoms with Crippen LogP contribution in [0.25, 0.3) is 0 Å². The van der Waals surface area contributed by atoms with Gasteiger partial charge in [-0.05, 0) is 133 Å². The third-order valence-electron chi connectivity index (χ3n) is 9.00. The van der Waals surface area contributed by atoms with Crippen molar-refractivity contribution in [2.24, 2.45) is 11.8 Å². The summed E-state index contributed by atoms with van der Waals surface area (Å²) in [6.07, 6.45) is 7.20. The molecule has 0 aliphatic carbocycles. The van der Waals surface area contributed by atoms with E-state index in [1.807, 2.05) is 0 Å². The summed E-state index contributed by atoms with van der Waals surface area (Å²) < 4.78 is 0. The number of hydrogen-bond donors (Lipinski definition) is 0. The number of nitrogens with zero attached hydrogens (tertiary/aromatic N) is 5. The predicted octanol–water partition coefficient (Wildman–Crippen LogP) is 4.54. The Bertz CT molecular complexity index is 516. The van der Waals surface area contributed by atoms with Crippen molar-refractivity contribution in [2.45, 2.75) is 105 Å². The van der Waals surface area contributed by atoms with Crippen LogP contribution in [0.5, 0.6) is 0 Å². The standard InChI is InChI=1S/C28H59N5/c1-10-31(20-13-27-14-21-33(22-15-27)24(4)5)28-25(6)26(7)29(8)16-11-18-32(23(2)3)19-12-17-30(28)9/h23-28H,10-22H2,1-9H3. The summed E-state index contributed by atoms with van der Waals surface area (Å²) in [5.41, 5.74) is 0. The lowest BCUT2D eigenvalue weighted by atomic mass is 9.91. The Kier molecular flexibility index (Phi) is 12.7. The Morgan fingerprint density at radius 3 is 1.79 bits per heavy atom. The second-order valence-electron chi connectivity index (χ2n) is 11.8. The normalized spacial score (nSPS) is 29.6. The van der Waals surface area contributed by atoms with Gasteiger partial charge in [0, 0.05) is 30.6 Å². The first-order chi connectivity index (χ1) is 15.6. The van der Waals surface area contributed by atoms with Crippen molar-refractivity contribution in [3.63, 3.8) is 0 Å². The van der Waals surface area contributed by atoms with E-state index >= 15 is 0 Å². The Labute approximate surface area is 207 Å². The van der Waals surface area contributed by atoms with E-state index in [9.17, 15) is 0 Å². The summed E-state index contributed by atoms with van der Waals surface area (Å²) in [7, 11) is 4.74. The molecule has 0 aromatic heterocycles. The zero-order chi connectivity index (χ0) is 24.5. The maximum absolute atomic E-state index is 2.82. The highest BCUT2D eigenvalue weighted by Gasteiger charge is 2.33. The van der Waals surface area contributed by atoms with E-state index in [-0.39, 0.29) is 0 Å². The smallest absolute Gasteiger partial charge is 0.0661 e. The maximum atomic E-state index is 2.82. The van der Waals surface area contributed by atoms with Gasteiger partial charge >= 0.3 is 0 Å². The van der Waals surface area contributed by atoms with Crippen LogP contribution in [-0.4, -0.2) is 115 Å². The lowest BCUT2D eigenvalue weighted by molar-refractivity contribution is -0.0125. The zero-order valence-electron chi connectivity index (χ0n) is 23.9. The minimum absolute atomic E-state index is 0.523. The van der Waals surface area contributed by atoms with Crippen molar-refractivity contribution in [1.29, 1.82) is 0 Å². The molecule has 2 fully saturated rings. The quantitative estimate of drug-likeness (QED) is 0.547. The van der Waals surface area contributed by atoms with E-state index in [2.05, 4.69) is 87.1 Å². The van der Waals surface area contributed by atoms with Crippen LogP contribution in [0.2, 0.25) is 0 Å². The van der Waals surface area contributed by atoms with Crippen LogP contribution < -0.4 is 0 Å². The van der Waals surface area contributed by atoms with Crippen LogP contribution in [0.4, 0.5) is 0 Å². The molecule has 0 saturated carbocycles. The van der Waals surface area contributed by atoms with Crippen LogP contribution >= 0.6 is 0 Å². The molecule has 5 nitrogen and oxygen atoms in total. The van der Waals surface area contributed by atoms with E-state index in [1.54, 1.807) is 0 Å². The van der Waals surface area contributed by atoms with Crippen LogP contribution in [-0.2, 0) is 0 Å². The fourth-order valence-corrected chi connectivity index (χ4v) is 6.26. The molecule has 5 heteroatoms. The summed E-state index contributed by atoms with van der Waals surface area (Å²) >= 11 is 0. The van der Waals surface area contributed by atoms with Crippen LogP contribution in [0.1, 0.15) is 80.6 Å². The third kappa shape index (κ3) is 8.75. The average molecular weight is 466 g/mol. The molecule has 0 bridgehead atoms. The first-order valence-electron chi connectivity index (χ1n) is 14.3. The van der Waals surface area contributed by atoms with Gasteiger partial charge in [0.05, 0.1) is 6.17 Å². The summed E-state index contributed by atoms with van der Waals surface area (Å²) in [5, 5.41) is 0. The van der Waals surface area contributed by atoms with E-state index in [1.165, 1.54) is 77.9 Å². The SMILES string of the molecule is CCN(CCC1CCN(C(C)C)CC1)C1C(C)C(C)N(C)CCCN(C(C)C)CCCN1C. The zero-order valence-corrected chi connectivity index (χ0v) is 23.9.